The third kappa shape index (κ3) is 5.06. The summed E-state index contributed by atoms with van der Waals surface area (Å²) in [5.41, 5.74) is -1.31. The molecule has 0 spiro atoms. The fourth-order valence-corrected chi connectivity index (χ4v) is 8.49. The minimum Gasteiger partial charge on any atom is -0.304 e. The maximum absolute atomic E-state index is 16.6. The normalized spacial score (nSPS) is 15.0. The van der Waals surface area contributed by atoms with E-state index in [1.807, 2.05) is 55.4 Å². The van der Waals surface area contributed by atoms with Crippen LogP contribution in [-0.2, 0) is 10.8 Å². The van der Waals surface area contributed by atoms with Gasteiger partial charge in [0.25, 0.3) is 0 Å². The highest BCUT2D eigenvalue weighted by Gasteiger charge is 2.44. The number of benzene rings is 6. The maximum Gasteiger partial charge on any atom is 0.186 e. The van der Waals surface area contributed by atoms with E-state index >= 15 is 35.1 Å². The first-order chi connectivity index (χ1) is 26.3. The smallest absolute Gasteiger partial charge is 0.186 e. The van der Waals surface area contributed by atoms with Crippen molar-refractivity contribution in [3.05, 3.63) is 164 Å². The van der Waals surface area contributed by atoms with Crippen LogP contribution in [0, 0.1) is 74.2 Å². The number of rotatable bonds is 3. The second-order valence-corrected chi connectivity index (χ2v) is 16.0. The first-order valence-electron chi connectivity index (χ1n) is 18.1. The molecule has 0 aliphatic carbocycles. The summed E-state index contributed by atoms with van der Waals surface area (Å²) in [4.78, 5) is 2.03. The van der Waals surface area contributed by atoms with Crippen LogP contribution < -0.4 is 9.80 Å². The van der Waals surface area contributed by atoms with E-state index in [1.54, 1.807) is 72.8 Å². The van der Waals surface area contributed by atoms with Gasteiger partial charge in [0.05, 0.1) is 33.9 Å². The number of nitrogens with zero attached hydrogens (tertiary/aromatic N) is 2. The summed E-state index contributed by atoms with van der Waals surface area (Å²) >= 11 is 0. The molecule has 0 N–H and O–H groups in total. The molecular weight excluding hydrogens is 733 g/mol. The van der Waals surface area contributed by atoms with Gasteiger partial charge in [-0.15, -0.1) is 0 Å². The quantitative estimate of drug-likeness (QED) is 0.131. The maximum atomic E-state index is 16.6. The summed E-state index contributed by atoms with van der Waals surface area (Å²) in [6.45, 7) is 14.9. The van der Waals surface area contributed by atoms with E-state index in [-0.39, 0.29) is 22.7 Å². The van der Waals surface area contributed by atoms with Crippen LogP contribution in [0.4, 0.5) is 69.2 Å². The lowest BCUT2D eigenvalue weighted by Gasteiger charge is -2.42. The van der Waals surface area contributed by atoms with Gasteiger partial charge in [-0.25, -0.2) is 35.1 Å². The molecule has 0 atom stereocenters. The Balaban J connectivity index is 1.36. The number of fused-ring (bicyclic) bond motifs is 4. The molecule has 6 aromatic carbocycles. The van der Waals surface area contributed by atoms with E-state index in [2.05, 4.69) is 0 Å². The standard InChI is InChI=1S/C46H36F8N2/c1-21-9-13-29-25(17-21)45(5,6)26-18-22(2)10-14-30(26)55(29)43-39(51)35(47)33(36(48)40(43)52)34-37(49)41(53)44(42(54)38(34)50)56-31-15-11-23(3)19-27(31)46(7,8)28-20-24(4)12-16-32(28)56/h9-20H,1-8H3. The number of halogens is 8. The number of hydrogen-bond donors (Lipinski definition) is 0. The van der Waals surface area contributed by atoms with Crippen LogP contribution in [0.3, 0.4) is 0 Å². The van der Waals surface area contributed by atoms with Crippen LogP contribution >= 0.6 is 0 Å². The van der Waals surface area contributed by atoms with E-state index in [1.165, 1.54) is 0 Å². The van der Waals surface area contributed by atoms with Gasteiger partial charge in [-0.2, -0.15) is 0 Å². The summed E-state index contributed by atoms with van der Waals surface area (Å²) in [5, 5.41) is 0. The molecule has 0 radical (unpaired) electrons. The molecule has 10 heteroatoms. The van der Waals surface area contributed by atoms with Gasteiger partial charge in [0.2, 0.25) is 0 Å². The fraction of sp³-hybridized carbons (Fsp3) is 0.217. The molecule has 0 saturated carbocycles. The topological polar surface area (TPSA) is 6.48 Å². The first kappa shape index (κ1) is 37.3. The lowest BCUT2D eigenvalue weighted by atomic mass is 9.72. The van der Waals surface area contributed by atoms with Crippen molar-refractivity contribution in [1.82, 2.24) is 0 Å². The van der Waals surface area contributed by atoms with Crippen molar-refractivity contribution in [2.24, 2.45) is 0 Å². The molecule has 8 rings (SSSR count). The van der Waals surface area contributed by atoms with Crippen LogP contribution in [-0.4, -0.2) is 0 Å². The highest BCUT2D eigenvalue weighted by atomic mass is 19.2. The predicted molar refractivity (Wildman–Crippen MR) is 204 cm³/mol. The fourth-order valence-electron chi connectivity index (χ4n) is 8.49. The zero-order valence-corrected chi connectivity index (χ0v) is 31.8. The Morgan fingerprint density at radius 2 is 0.554 bits per heavy atom. The van der Waals surface area contributed by atoms with Gasteiger partial charge in [0, 0.05) is 10.8 Å². The highest BCUT2D eigenvalue weighted by molar-refractivity contribution is 5.90. The minimum absolute atomic E-state index is 0.204. The van der Waals surface area contributed by atoms with Crippen molar-refractivity contribution < 1.29 is 35.1 Å². The van der Waals surface area contributed by atoms with E-state index in [9.17, 15) is 0 Å². The van der Waals surface area contributed by atoms with Gasteiger partial charge in [-0.05, 0) is 74.2 Å². The first-order valence-corrected chi connectivity index (χ1v) is 18.1. The largest absolute Gasteiger partial charge is 0.304 e. The molecule has 2 aliphatic heterocycles. The third-order valence-electron chi connectivity index (χ3n) is 11.4. The zero-order chi connectivity index (χ0) is 40.5. The lowest BCUT2D eigenvalue weighted by Crippen LogP contribution is -2.32. The number of aryl methyl sites for hydroxylation is 4. The van der Waals surface area contributed by atoms with Crippen molar-refractivity contribution in [2.45, 2.75) is 66.2 Å². The molecule has 0 bridgehead atoms. The molecule has 2 heterocycles. The predicted octanol–water partition coefficient (Wildman–Crippen LogP) is 13.9. The van der Waals surface area contributed by atoms with Crippen molar-refractivity contribution in [3.63, 3.8) is 0 Å². The molecule has 2 aliphatic rings. The van der Waals surface area contributed by atoms with Gasteiger partial charge < -0.3 is 9.80 Å². The van der Waals surface area contributed by atoms with Gasteiger partial charge in [0.1, 0.15) is 11.4 Å². The summed E-state index contributed by atoms with van der Waals surface area (Å²) < 4.78 is 132. The highest BCUT2D eigenvalue weighted by Crippen LogP contribution is 2.56. The van der Waals surface area contributed by atoms with Crippen LogP contribution in [0.1, 0.15) is 72.2 Å². The molecule has 0 aromatic heterocycles. The number of anilines is 6. The van der Waals surface area contributed by atoms with Crippen LogP contribution in [0.5, 0.6) is 0 Å². The molecule has 6 aromatic rings. The lowest BCUT2D eigenvalue weighted by molar-refractivity contribution is 0.444. The Kier molecular flexibility index (Phi) is 8.28. The van der Waals surface area contributed by atoms with Gasteiger partial charge in [-0.3, -0.25) is 0 Å². The molecule has 0 saturated heterocycles. The Morgan fingerprint density at radius 3 is 0.768 bits per heavy atom. The Bertz CT molecular complexity index is 2340. The van der Waals surface area contributed by atoms with E-state index in [4.69, 9.17) is 0 Å². The number of hydrogen-bond acceptors (Lipinski definition) is 2. The SMILES string of the molecule is Cc1ccc2c(c1)C(C)(C)c1cc(C)ccc1N2c1c(F)c(F)c(-c2c(F)c(F)c(N3c4ccc(C)cc4C(C)(C)c4cc(C)ccc43)c(F)c2F)c(F)c1F. The van der Waals surface area contributed by atoms with Crippen molar-refractivity contribution in [2.75, 3.05) is 9.80 Å². The molecule has 0 amide bonds. The average molecular weight is 769 g/mol. The Morgan fingerprint density at radius 1 is 0.339 bits per heavy atom. The monoisotopic (exact) mass is 768 g/mol. The van der Waals surface area contributed by atoms with Gasteiger partial charge in [-0.1, -0.05) is 98.5 Å². The molecule has 286 valence electrons. The summed E-state index contributed by atoms with van der Waals surface area (Å²) in [5.74, 6) is -17.0. The second-order valence-electron chi connectivity index (χ2n) is 16.0. The van der Waals surface area contributed by atoms with E-state index < -0.39 is 79.9 Å². The average Bonchev–Trinajstić information content (AvgIpc) is 3.15. The Hall–Kier alpha value is -5.64. The molecule has 0 fully saturated rings. The minimum atomic E-state index is -2.24. The third-order valence-corrected chi connectivity index (χ3v) is 11.4. The van der Waals surface area contributed by atoms with Crippen molar-refractivity contribution in [3.8, 4) is 11.1 Å². The van der Waals surface area contributed by atoms with Gasteiger partial charge in [0.15, 0.2) is 46.5 Å². The molecular formula is C46H36F8N2. The van der Waals surface area contributed by atoms with E-state index in [0.29, 0.717) is 22.3 Å². The molecule has 56 heavy (non-hydrogen) atoms. The van der Waals surface area contributed by atoms with Crippen molar-refractivity contribution >= 4 is 34.1 Å². The van der Waals surface area contributed by atoms with Crippen LogP contribution in [0.15, 0.2) is 72.8 Å². The summed E-state index contributed by atoms with van der Waals surface area (Å²) in [6.07, 6.45) is 0. The Labute approximate surface area is 319 Å². The second kappa shape index (κ2) is 12.4. The summed E-state index contributed by atoms with van der Waals surface area (Å²) in [7, 11) is 0. The van der Waals surface area contributed by atoms with E-state index in [0.717, 1.165) is 32.1 Å². The van der Waals surface area contributed by atoms with Gasteiger partial charge >= 0.3 is 0 Å². The van der Waals surface area contributed by atoms with Crippen LogP contribution in [0.2, 0.25) is 0 Å². The summed E-state index contributed by atoms with van der Waals surface area (Å²) in [6, 6.07) is 20.1. The molecule has 2 nitrogen and oxygen atoms in total. The van der Waals surface area contributed by atoms with Crippen molar-refractivity contribution in [1.29, 1.82) is 0 Å². The van der Waals surface area contributed by atoms with Crippen LogP contribution in [0.25, 0.3) is 11.1 Å². The zero-order valence-electron chi connectivity index (χ0n) is 31.8. The molecule has 0 unspecified atom stereocenters.